The molecular weight excluding hydrogens is 390 g/mol. The molecule has 0 spiro atoms. The lowest BCUT2D eigenvalue weighted by molar-refractivity contribution is 0.229. The van der Waals surface area contributed by atoms with Crippen LogP contribution in [-0.4, -0.2) is 67.8 Å². The second-order valence-electron chi connectivity index (χ2n) is 9.16. The van der Waals surface area contributed by atoms with Gasteiger partial charge in [0.25, 0.3) is 0 Å². The molecule has 164 valence electrons. The Morgan fingerprint density at radius 3 is 2.71 bits per heavy atom. The first kappa shape index (κ1) is 19.1. The average Bonchev–Trinajstić information content (AvgIpc) is 3.40. The Labute approximate surface area is 183 Å². The Morgan fingerprint density at radius 2 is 1.87 bits per heavy atom. The van der Waals surface area contributed by atoms with E-state index in [4.69, 9.17) is 14.7 Å². The molecule has 4 aliphatic rings. The van der Waals surface area contributed by atoms with E-state index in [0.29, 0.717) is 12.1 Å². The number of nitrogens with one attached hydrogen (secondary N) is 1. The summed E-state index contributed by atoms with van der Waals surface area (Å²) in [7, 11) is 3.79. The van der Waals surface area contributed by atoms with Gasteiger partial charge in [-0.15, -0.1) is 0 Å². The molecule has 1 N–H and O–H groups in total. The third kappa shape index (κ3) is 3.29. The highest BCUT2D eigenvalue weighted by Gasteiger charge is 2.39. The van der Waals surface area contributed by atoms with Crippen molar-refractivity contribution in [3.63, 3.8) is 0 Å². The molecule has 1 aromatic heterocycles. The molecule has 0 saturated carbocycles. The van der Waals surface area contributed by atoms with Crippen LogP contribution in [0.3, 0.4) is 0 Å². The van der Waals surface area contributed by atoms with E-state index in [1.165, 1.54) is 30.5 Å². The maximum atomic E-state index is 5.32. The minimum absolute atomic E-state index is 0.308. The van der Waals surface area contributed by atoms with E-state index in [-0.39, 0.29) is 0 Å². The summed E-state index contributed by atoms with van der Waals surface area (Å²) in [6.45, 7) is 6.24. The number of aromatic nitrogens is 2. The summed E-state index contributed by atoms with van der Waals surface area (Å²) in [5, 5.41) is 2.09. The SMILES string of the molecule is COc1ccc(CN2CCC3NN(C)c4nc(N5CCN6CCCC6C5)nc2c43)cc1. The molecule has 0 radical (unpaired) electrons. The van der Waals surface area contributed by atoms with Gasteiger partial charge < -0.3 is 14.5 Å². The zero-order valence-corrected chi connectivity index (χ0v) is 18.4. The second-order valence-corrected chi connectivity index (χ2v) is 9.16. The number of rotatable bonds is 4. The minimum Gasteiger partial charge on any atom is -0.497 e. The smallest absolute Gasteiger partial charge is 0.229 e. The molecule has 6 rings (SSSR count). The van der Waals surface area contributed by atoms with Gasteiger partial charge in [0.2, 0.25) is 5.95 Å². The quantitative estimate of drug-likeness (QED) is 0.806. The third-order valence-corrected chi connectivity index (χ3v) is 7.30. The minimum atomic E-state index is 0.308. The molecule has 8 heteroatoms. The van der Waals surface area contributed by atoms with E-state index >= 15 is 0 Å². The largest absolute Gasteiger partial charge is 0.497 e. The van der Waals surface area contributed by atoms with Crippen LogP contribution in [0, 0.1) is 0 Å². The number of hydrazine groups is 1. The summed E-state index contributed by atoms with van der Waals surface area (Å²) in [6, 6.07) is 9.33. The molecule has 8 nitrogen and oxygen atoms in total. The van der Waals surface area contributed by atoms with Crippen LogP contribution in [0.4, 0.5) is 17.6 Å². The Balaban J connectivity index is 1.33. The highest BCUT2D eigenvalue weighted by atomic mass is 16.5. The monoisotopic (exact) mass is 421 g/mol. The summed E-state index contributed by atoms with van der Waals surface area (Å²) in [5.74, 6) is 3.91. The number of anilines is 3. The van der Waals surface area contributed by atoms with Crippen molar-refractivity contribution in [3.8, 4) is 5.75 Å². The van der Waals surface area contributed by atoms with Crippen molar-refractivity contribution >= 4 is 17.6 Å². The number of ether oxygens (including phenoxy) is 1. The second kappa shape index (κ2) is 7.53. The molecule has 1 aromatic carbocycles. The number of methoxy groups -OCH3 is 1. The number of hydrogen-bond acceptors (Lipinski definition) is 8. The van der Waals surface area contributed by atoms with Crippen molar-refractivity contribution in [1.29, 1.82) is 0 Å². The number of benzene rings is 1. The van der Waals surface area contributed by atoms with Gasteiger partial charge in [0, 0.05) is 45.8 Å². The van der Waals surface area contributed by atoms with Crippen LogP contribution < -0.4 is 25.0 Å². The molecule has 31 heavy (non-hydrogen) atoms. The van der Waals surface area contributed by atoms with Crippen molar-refractivity contribution in [2.24, 2.45) is 0 Å². The normalized spacial score (nSPS) is 25.0. The molecule has 4 aliphatic heterocycles. The van der Waals surface area contributed by atoms with E-state index in [9.17, 15) is 0 Å². The Bertz CT molecular complexity index is 965. The molecule has 5 heterocycles. The average molecular weight is 422 g/mol. The highest BCUT2D eigenvalue weighted by Crippen LogP contribution is 2.43. The van der Waals surface area contributed by atoms with Gasteiger partial charge >= 0.3 is 0 Å². The van der Waals surface area contributed by atoms with E-state index in [1.807, 2.05) is 12.1 Å². The van der Waals surface area contributed by atoms with Gasteiger partial charge in [0.15, 0.2) is 5.82 Å². The maximum absolute atomic E-state index is 5.32. The lowest BCUT2D eigenvalue weighted by atomic mass is 10.0. The van der Waals surface area contributed by atoms with Crippen LogP contribution in [-0.2, 0) is 6.54 Å². The topological polar surface area (TPSA) is 60.0 Å². The van der Waals surface area contributed by atoms with Crippen molar-refractivity contribution in [2.45, 2.75) is 37.9 Å². The first-order valence-corrected chi connectivity index (χ1v) is 11.5. The van der Waals surface area contributed by atoms with Crippen LogP contribution in [0.2, 0.25) is 0 Å². The molecular formula is C23H31N7O. The van der Waals surface area contributed by atoms with E-state index in [2.05, 4.69) is 44.3 Å². The maximum Gasteiger partial charge on any atom is 0.229 e. The van der Waals surface area contributed by atoms with E-state index in [0.717, 1.165) is 62.5 Å². The predicted molar refractivity (Wildman–Crippen MR) is 122 cm³/mol. The Kier molecular flexibility index (Phi) is 4.65. The molecule has 0 amide bonds. The lowest BCUT2D eigenvalue weighted by Gasteiger charge is -2.38. The van der Waals surface area contributed by atoms with Gasteiger partial charge in [0.1, 0.15) is 11.6 Å². The Morgan fingerprint density at radius 1 is 1.03 bits per heavy atom. The molecule has 2 aromatic rings. The van der Waals surface area contributed by atoms with Crippen molar-refractivity contribution in [3.05, 3.63) is 35.4 Å². The van der Waals surface area contributed by atoms with E-state index < -0.39 is 0 Å². The highest BCUT2D eigenvalue weighted by molar-refractivity contribution is 5.68. The molecule has 0 aliphatic carbocycles. The standard InChI is InChI=1S/C23H31N7O/c1-27-21-20-19(26-27)9-11-29(14-16-5-7-18(31-2)8-6-16)22(20)25-23(24-21)30-13-12-28-10-3-4-17(28)15-30/h5-8,17,19,26H,3-4,9-15H2,1-2H3. The number of nitrogens with zero attached hydrogens (tertiary/aromatic N) is 6. The molecule has 2 atom stereocenters. The van der Waals surface area contributed by atoms with Gasteiger partial charge in [-0.3, -0.25) is 9.91 Å². The number of fused-ring (bicyclic) bond motifs is 1. The summed E-state index contributed by atoms with van der Waals surface area (Å²) in [5.41, 5.74) is 6.11. The zero-order chi connectivity index (χ0) is 20.9. The van der Waals surface area contributed by atoms with Crippen LogP contribution in [0.1, 0.15) is 36.4 Å². The fourth-order valence-electron chi connectivity index (χ4n) is 5.62. The summed E-state index contributed by atoms with van der Waals surface area (Å²) in [4.78, 5) is 17.7. The summed E-state index contributed by atoms with van der Waals surface area (Å²) >= 11 is 0. The lowest BCUT2D eigenvalue weighted by Crippen LogP contribution is -2.50. The fraction of sp³-hybridized carbons (Fsp3) is 0.565. The Hall–Kier alpha value is -2.58. The third-order valence-electron chi connectivity index (χ3n) is 7.30. The zero-order valence-electron chi connectivity index (χ0n) is 18.4. The van der Waals surface area contributed by atoms with Crippen LogP contribution >= 0.6 is 0 Å². The van der Waals surface area contributed by atoms with Gasteiger partial charge in [-0.05, 0) is 43.5 Å². The van der Waals surface area contributed by atoms with Crippen molar-refractivity contribution in [2.75, 3.05) is 61.7 Å². The number of hydrogen-bond donors (Lipinski definition) is 1. The van der Waals surface area contributed by atoms with Crippen LogP contribution in [0.15, 0.2) is 24.3 Å². The van der Waals surface area contributed by atoms with Crippen LogP contribution in [0.25, 0.3) is 0 Å². The fourth-order valence-corrected chi connectivity index (χ4v) is 5.62. The van der Waals surface area contributed by atoms with Gasteiger partial charge in [0.05, 0.1) is 18.7 Å². The summed E-state index contributed by atoms with van der Waals surface area (Å²) in [6.07, 6.45) is 3.67. The molecule has 2 fully saturated rings. The van der Waals surface area contributed by atoms with Gasteiger partial charge in [-0.2, -0.15) is 9.97 Å². The van der Waals surface area contributed by atoms with Gasteiger partial charge in [-0.1, -0.05) is 12.1 Å². The molecule has 2 saturated heterocycles. The van der Waals surface area contributed by atoms with Crippen molar-refractivity contribution < 1.29 is 4.74 Å². The summed E-state index contributed by atoms with van der Waals surface area (Å²) < 4.78 is 5.32. The molecule has 2 unspecified atom stereocenters. The first-order valence-electron chi connectivity index (χ1n) is 11.5. The predicted octanol–water partition coefficient (Wildman–Crippen LogP) is 2.18. The van der Waals surface area contributed by atoms with E-state index in [1.54, 1.807) is 7.11 Å². The van der Waals surface area contributed by atoms with Gasteiger partial charge in [-0.25, -0.2) is 5.43 Å². The molecule has 0 bridgehead atoms. The number of piperazine rings is 1. The first-order chi connectivity index (χ1) is 15.2. The van der Waals surface area contributed by atoms with Crippen LogP contribution in [0.5, 0.6) is 5.75 Å². The van der Waals surface area contributed by atoms with Crippen molar-refractivity contribution in [1.82, 2.24) is 20.3 Å².